The first-order chi connectivity index (χ1) is 16.5. The number of hydrogen-bond acceptors (Lipinski definition) is 6. The second-order valence-electron chi connectivity index (χ2n) is 9.41. The van der Waals surface area contributed by atoms with Gasteiger partial charge in [0.2, 0.25) is 0 Å². The molecule has 1 aliphatic heterocycles. The number of rotatable bonds is 5. The van der Waals surface area contributed by atoms with E-state index < -0.39 is 0 Å². The first-order valence-corrected chi connectivity index (χ1v) is 13.1. The third-order valence-corrected chi connectivity index (χ3v) is 8.16. The summed E-state index contributed by atoms with van der Waals surface area (Å²) < 4.78 is 6.86. The van der Waals surface area contributed by atoms with E-state index in [0.717, 1.165) is 61.0 Å². The molecule has 1 aliphatic carbocycles. The predicted octanol–water partition coefficient (Wildman–Crippen LogP) is 3.88. The Balaban J connectivity index is 1.26. The van der Waals surface area contributed by atoms with Crippen molar-refractivity contribution in [3.05, 3.63) is 62.5 Å². The van der Waals surface area contributed by atoms with Gasteiger partial charge in [0.15, 0.2) is 0 Å². The summed E-state index contributed by atoms with van der Waals surface area (Å²) in [5.41, 5.74) is 3.59. The number of fused-ring (bicyclic) bond motifs is 3. The first kappa shape index (κ1) is 23.1. The minimum absolute atomic E-state index is 0.0702. The Morgan fingerprint density at radius 1 is 1.18 bits per heavy atom. The van der Waals surface area contributed by atoms with Crippen molar-refractivity contribution in [3.8, 4) is 0 Å². The highest BCUT2D eigenvalue weighted by atomic mass is 32.1. The number of amides is 1. The van der Waals surface area contributed by atoms with Crippen LogP contribution in [0.1, 0.15) is 47.8 Å². The number of benzene rings is 1. The second kappa shape index (κ2) is 9.88. The summed E-state index contributed by atoms with van der Waals surface area (Å²) in [7, 11) is 0. The van der Waals surface area contributed by atoms with Crippen LogP contribution in [0.2, 0.25) is 0 Å². The average Bonchev–Trinajstić information content (AvgIpc) is 3.21. The molecule has 3 heterocycles. The van der Waals surface area contributed by atoms with E-state index in [1.54, 1.807) is 27.1 Å². The zero-order chi connectivity index (χ0) is 23.7. The average molecular weight is 481 g/mol. The number of nitrogens with one attached hydrogen (secondary N) is 1. The molecule has 8 heteroatoms. The van der Waals surface area contributed by atoms with Crippen LogP contribution in [0.5, 0.6) is 0 Å². The summed E-state index contributed by atoms with van der Waals surface area (Å²) in [4.78, 5) is 33.9. The molecule has 1 amide bonds. The highest BCUT2D eigenvalue weighted by molar-refractivity contribution is 7.18. The molecular formula is C26H32N4O3S. The van der Waals surface area contributed by atoms with Gasteiger partial charge in [0.25, 0.3) is 5.56 Å². The van der Waals surface area contributed by atoms with Crippen LogP contribution < -0.4 is 10.9 Å². The molecular weight excluding hydrogens is 448 g/mol. The largest absolute Gasteiger partial charge is 0.450 e. The zero-order valence-corrected chi connectivity index (χ0v) is 20.7. The lowest BCUT2D eigenvalue weighted by atomic mass is 9.91. The van der Waals surface area contributed by atoms with Crippen molar-refractivity contribution >= 4 is 27.6 Å². The van der Waals surface area contributed by atoms with Gasteiger partial charge in [-0.25, -0.2) is 9.78 Å². The van der Waals surface area contributed by atoms with Crippen LogP contribution in [0.25, 0.3) is 10.2 Å². The molecule has 1 aromatic carbocycles. The number of carbonyl (C=O) groups excluding carboxylic acids is 1. The van der Waals surface area contributed by atoms with Crippen LogP contribution in [-0.4, -0.2) is 52.3 Å². The fraction of sp³-hybridized carbons (Fsp3) is 0.500. The maximum absolute atomic E-state index is 13.3. The lowest BCUT2D eigenvalue weighted by Crippen LogP contribution is -2.49. The number of nitrogens with zero attached hydrogens (tertiary/aromatic N) is 3. The molecule has 5 rings (SSSR count). The second-order valence-corrected chi connectivity index (χ2v) is 10.5. The molecule has 1 atom stereocenters. The molecule has 0 unspecified atom stereocenters. The van der Waals surface area contributed by atoms with Crippen LogP contribution >= 0.6 is 11.3 Å². The number of thiophene rings is 1. The van der Waals surface area contributed by atoms with Gasteiger partial charge >= 0.3 is 6.09 Å². The van der Waals surface area contributed by atoms with E-state index in [-0.39, 0.29) is 11.7 Å². The maximum atomic E-state index is 13.3. The van der Waals surface area contributed by atoms with Gasteiger partial charge in [0.1, 0.15) is 4.83 Å². The van der Waals surface area contributed by atoms with Gasteiger partial charge in [-0.2, -0.15) is 0 Å². The van der Waals surface area contributed by atoms with Crippen molar-refractivity contribution in [2.75, 3.05) is 19.7 Å². The third kappa shape index (κ3) is 4.74. The Bertz CT molecular complexity index is 1230. The van der Waals surface area contributed by atoms with E-state index in [0.29, 0.717) is 25.2 Å². The van der Waals surface area contributed by atoms with E-state index >= 15 is 0 Å². The normalized spacial score (nSPS) is 18.8. The Hall–Kier alpha value is -2.71. The Morgan fingerprint density at radius 2 is 1.94 bits per heavy atom. The van der Waals surface area contributed by atoms with Crippen molar-refractivity contribution in [2.24, 2.45) is 0 Å². The third-order valence-electron chi connectivity index (χ3n) is 7.00. The van der Waals surface area contributed by atoms with Crippen molar-refractivity contribution in [2.45, 2.75) is 64.6 Å². The molecule has 0 spiro atoms. The fourth-order valence-electron chi connectivity index (χ4n) is 5.12. The molecule has 0 radical (unpaired) electrons. The number of aromatic nitrogens is 2. The number of ether oxygens (including phenoxy) is 1. The molecule has 180 valence electrons. The first-order valence-electron chi connectivity index (χ1n) is 12.2. The number of hydrogen-bond donors (Lipinski definition) is 1. The SMILES string of the molecule is CCOC(=O)N1CCC(N[C@H]2CCc3c(sc4ncn(Cc5ccc(C)cc5)c(=O)c34)C2)CC1. The van der Waals surface area contributed by atoms with E-state index in [1.165, 1.54) is 16.0 Å². The van der Waals surface area contributed by atoms with Gasteiger partial charge in [-0.3, -0.25) is 9.36 Å². The van der Waals surface area contributed by atoms with Crippen LogP contribution in [0.4, 0.5) is 4.79 Å². The fourth-order valence-corrected chi connectivity index (χ4v) is 6.38. The summed E-state index contributed by atoms with van der Waals surface area (Å²) >= 11 is 1.67. The van der Waals surface area contributed by atoms with E-state index in [4.69, 9.17) is 4.74 Å². The van der Waals surface area contributed by atoms with Gasteiger partial charge in [-0.15, -0.1) is 11.3 Å². The van der Waals surface area contributed by atoms with Crippen molar-refractivity contribution in [1.82, 2.24) is 19.8 Å². The summed E-state index contributed by atoms with van der Waals surface area (Å²) in [6.45, 7) is 6.34. The predicted molar refractivity (Wildman–Crippen MR) is 135 cm³/mol. The van der Waals surface area contributed by atoms with Crippen LogP contribution in [-0.2, 0) is 24.1 Å². The van der Waals surface area contributed by atoms with Gasteiger partial charge < -0.3 is 15.0 Å². The topological polar surface area (TPSA) is 76.5 Å². The summed E-state index contributed by atoms with van der Waals surface area (Å²) in [6, 6.07) is 9.11. The lowest BCUT2D eigenvalue weighted by molar-refractivity contribution is 0.0940. The lowest BCUT2D eigenvalue weighted by Gasteiger charge is -2.35. The molecule has 7 nitrogen and oxygen atoms in total. The van der Waals surface area contributed by atoms with Crippen molar-refractivity contribution in [3.63, 3.8) is 0 Å². The number of piperidine rings is 1. The Morgan fingerprint density at radius 3 is 2.68 bits per heavy atom. The van der Waals surface area contributed by atoms with Gasteiger partial charge in [-0.1, -0.05) is 29.8 Å². The van der Waals surface area contributed by atoms with E-state index in [2.05, 4.69) is 41.5 Å². The van der Waals surface area contributed by atoms with Gasteiger partial charge in [0, 0.05) is 30.1 Å². The molecule has 0 saturated carbocycles. The number of carbonyl (C=O) groups is 1. The van der Waals surface area contributed by atoms with Crippen molar-refractivity contribution < 1.29 is 9.53 Å². The summed E-state index contributed by atoms with van der Waals surface area (Å²) in [6.07, 6.45) is 6.24. The smallest absolute Gasteiger partial charge is 0.409 e. The number of aryl methyl sites for hydroxylation is 2. The molecule has 1 saturated heterocycles. The van der Waals surface area contributed by atoms with E-state index in [9.17, 15) is 9.59 Å². The molecule has 34 heavy (non-hydrogen) atoms. The number of likely N-dealkylation sites (tertiary alicyclic amines) is 1. The Labute approximate surface area is 203 Å². The van der Waals surface area contributed by atoms with Crippen LogP contribution in [0.15, 0.2) is 35.4 Å². The minimum Gasteiger partial charge on any atom is -0.450 e. The highest BCUT2D eigenvalue weighted by Gasteiger charge is 2.29. The molecule has 0 bridgehead atoms. The molecule has 2 aromatic heterocycles. The standard InChI is InChI=1S/C26H32N4O3S/c1-3-33-26(32)29-12-10-19(11-13-29)28-20-8-9-21-22(14-20)34-24-23(21)25(31)30(16-27-24)15-18-6-4-17(2)5-7-18/h4-7,16,19-20,28H,3,8-15H2,1-2H3/t20-/m0/s1. The zero-order valence-electron chi connectivity index (χ0n) is 19.9. The minimum atomic E-state index is -0.200. The highest BCUT2D eigenvalue weighted by Crippen LogP contribution is 2.34. The molecule has 1 fully saturated rings. The molecule has 2 aliphatic rings. The summed E-state index contributed by atoms with van der Waals surface area (Å²) in [5.74, 6) is 0. The van der Waals surface area contributed by atoms with Gasteiger partial charge in [-0.05, 0) is 57.1 Å². The maximum Gasteiger partial charge on any atom is 0.409 e. The van der Waals surface area contributed by atoms with Crippen LogP contribution in [0, 0.1) is 6.92 Å². The Kier molecular flexibility index (Phi) is 6.70. The molecule has 1 N–H and O–H groups in total. The molecule has 3 aromatic rings. The van der Waals surface area contributed by atoms with Gasteiger partial charge in [0.05, 0.1) is 24.9 Å². The monoisotopic (exact) mass is 480 g/mol. The summed E-state index contributed by atoms with van der Waals surface area (Å²) in [5, 5.41) is 4.64. The van der Waals surface area contributed by atoms with Crippen molar-refractivity contribution in [1.29, 1.82) is 0 Å². The van der Waals surface area contributed by atoms with E-state index in [1.807, 2.05) is 6.92 Å². The van der Waals surface area contributed by atoms with Crippen LogP contribution in [0.3, 0.4) is 0 Å². The quantitative estimate of drug-likeness (QED) is 0.600.